The van der Waals surface area contributed by atoms with Crippen LogP contribution in [0, 0.1) is 0 Å². The average Bonchev–Trinajstić information content (AvgIpc) is 2.20. The van der Waals surface area contributed by atoms with Gasteiger partial charge < -0.3 is 5.11 Å². The van der Waals surface area contributed by atoms with Crippen LogP contribution in [-0.2, 0) is 4.79 Å². The van der Waals surface area contributed by atoms with Crippen LogP contribution in [0.15, 0.2) is 24.3 Å². The molecule has 0 saturated heterocycles. The van der Waals surface area contributed by atoms with Gasteiger partial charge in [0.05, 0.1) is 10.0 Å². The Morgan fingerprint density at radius 3 is 2.29 bits per heavy atom. The summed E-state index contributed by atoms with van der Waals surface area (Å²) in [6.07, 6.45) is -5.09. The van der Waals surface area contributed by atoms with Gasteiger partial charge in [0.15, 0.2) is 0 Å². The van der Waals surface area contributed by atoms with Crippen molar-refractivity contribution in [2.45, 2.75) is 6.18 Å². The molecular formula is C10H4Cl2F3O2-. The van der Waals surface area contributed by atoms with Gasteiger partial charge in [-0.1, -0.05) is 35.0 Å². The SMILES string of the molecule is O=C(/C=C(\[O-])c1ccc(Cl)c(Cl)c1)C(F)(F)F. The fourth-order valence-corrected chi connectivity index (χ4v) is 1.23. The number of hydrogen-bond donors (Lipinski definition) is 0. The Balaban J connectivity index is 3.04. The summed E-state index contributed by atoms with van der Waals surface area (Å²) in [5.74, 6) is -3.29. The number of halogens is 5. The molecular weight excluding hydrogens is 280 g/mol. The van der Waals surface area contributed by atoms with E-state index in [1.807, 2.05) is 0 Å². The first-order chi connectivity index (χ1) is 7.71. The summed E-state index contributed by atoms with van der Waals surface area (Å²) >= 11 is 11.1. The maximum absolute atomic E-state index is 11.9. The zero-order valence-electron chi connectivity index (χ0n) is 8.02. The lowest BCUT2D eigenvalue weighted by molar-refractivity contribution is -0.244. The van der Waals surface area contributed by atoms with E-state index < -0.39 is 17.7 Å². The van der Waals surface area contributed by atoms with E-state index >= 15 is 0 Å². The van der Waals surface area contributed by atoms with Crippen molar-refractivity contribution in [3.05, 3.63) is 39.9 Å². The van der Waals surface area contributed by atoms with E-state index in [4.69, 9.17) is 23.2 Å². The highest BCUT2D eigenvalue weighted by atomic mass is 35.5. The average molecular weight is 284 g/mol. The van der Waals surface area contributed by atoms with Crippen LogP contribution in [0.5, 0.6) is 0 Å². The van der Waals surface area contributed by atoms with Crippen molar-refractivity contribution in [1.29, 1.82) is 0 Å². The van der Waals surface area contributed by atoms with Crippen LogP contribution < -0.4 is 5.11 Å². The van der Waals surface area contributed by atoms with Crippen LogP contribution in [0.1, 0.15) is 5.56 Å². The molecule has 0 N–H and O–H groups in total. The van der Waals surface area contributed by atoms with Crippen molar-refractivity contribution in [2.75, 3.05) is 0 Å². The molecule has 0 heterocycles. The minimum absolute atomic E-state index is 0.0189. The van der Waals surface area contributed by atoms with E-state index in [2.05, 4.69) is 0 Å². The van der Waals surface area contributed by atoms with Crippen molar-refractivity contribution in [1.82, 2.24) is 0 Å². The maximum atomic E-state index is 11.9. The second kappa shape index (κ2) is 4.98. The molecule has 0 aromatic heterocycles. The Bertz CT molecular complexity index is 481. The van der Waals surface area contributed by atoms with E-state index in [1.165, 1.54) is 12.1 Å². The number of rotatable bonds is 2. The van der Waals surface area contributed by atoms with E-state index in [0.29, 0.717) is 0 Å². The summed E-state index contributed by atoms with van der Waals surface area (Å²) in [4.78, 5) is 10.5. The van der Waals surface area contributed by atoms with Crippen LogP contribution in [-0.4, -0.2) is 12.0 Å². The third-order valence-electron chi connectivity index (χ3n) is 1.75. The molecule has 0 saturated carbocycles. The summed E-state index contributed by atoms with van der Waals surface area (Å²) in [5.41, 5.74) is -0.142. The molecule has 0 fully saturated rings. The van der Waals surface area contributed by atoms with Crippen LogP contribution in [0.2, 0.25) is 10.0 Å². The van der Waals surface area contributed by atoms with Gasteiger partial charge in [-0.2, -0.15) is 13.2 Å². The standard InChI is InChI=1S/C10H5Cl2F3O2/c11-6-2-1-5(3-7(6)12)8(16)4-9(17)10(13,14)15/h1-4,16H/p-1/b8-4-. The molecule has 0 spiro atoms. The summed E-state index contributed by atoms with van der Waals surface area (Å²) in [6, 6.07) is 3.52. The number of carbonyl (C=O) groups is 1. The monoisotopic (exact) mass is 283 g/mol. The van der Waals surface area contributed by atoms with Gasteiger partial charge >= 0.3 is 6.18 Å². The molecule has 7 heteroatoms. The normalized spacial score (nSPS) is 12.6. The molecule has 0 atom stereocenters. The molecule has 0 aliphatic heterocycles. The predicted octanol–water partition coefficient (Wildman–Crippen LogP) is 2.83. The Morgan fingerprint density at radius 2 is 1.82 bits per heavy atom. The summed E-state index contributed by atoms with van der Waals surface area (Å²) in [7, 11) is 0. The lowest BCUT2D eigenvalue weighted by atomic mass is 10.1. The molecule has 0 bridgehead atoms. The number of benzene rings is 1. The van der Waals surface area contributed by atoms with Gasteiger partial charge in [-0.05, 0) is 23.8 Å². The maximum Gasteiger partial charge on any atom is 0.454 e. The quantitative estimate of drug-likeness (QED) is 0.619. The molecule has 0 radical (unpaired) electrons. The van der Waals surface area contributed by atoms with E-state index in [-0.39, 0.29) is 21.7 Å². The van der Waals surface area contributed by atoms with Crippen LogP contribution >= 0.6 is 23.2 Å². The summed E-state index contributed by atoms with van der Waals surface area (Å²) in [6.45, 7) is 0. The Labute approximate surface area is 104 Å². The van der Waals surface area contributed by atoms with E-state index in [0.717, 1.165) is 6.07 Å². The van der Waals surface area contributed by atoms with E-state index in [9.17, 15) is 23.1 Å². The minimum Gasteiger partial charge on any atom is -0.872 e. The fourth-order valence-electron chi connectivity index (χ4n) is 0.934. The summed E-state index contributed by atoms with van der Waals surface area (Å²) in [5, 5.41) is 11.5. The van der Waals surface area contributed by atoms with Crippen molar-refractivity contribution in [2.24, 2.45) is 0 Å². The highest BCUT2D eigenvalue weighted by Gasteiger charge is 2.36. The zero-order chi connectivity index (χ0) is 13.2. The first kappa shape index (κ1) is 13.9. The smallest absolute Gasteiger partial charge is 0.454 e. The molecule has 1 aromatic rings. The molecule has 0 unspecified atom stereocenters. The van der Waals surface area contributed by atoms with Crippen molar-refractivity contribution in [3.63, 3.8) is 0 Å². The number of allylic oxidation sites excluding steroid dienone is 1. The van der Waals surface area contributed by atoms with Crippen LogP contribution in [0.25, 0.3) is 5.76 Å². The Kier molecular flexibility index (Phi) is 4.06. The van der Waals surface area contributed by atoms with Gasteiger partial charge in [-0.15, -0.1) is 0 Å². The van der Waals surface area contributed by atoms with Crippen LogP contribution in [0.4, 0.5) is 13.2 Å². The number of carbonyl (C=O) groups excluding carboxylic acids is 1. The Morgan fingerprint density at radius 1 is 1.24 bits per heavy atom. The van der Waals surface area contributed by atoms with Crippen LogP contribution in [0.3, 0.4) is 0 Å². The molecule has 2 nitrogen and oxygen atoms in total. The predicted molar refractivity (Wildman–Crippen MR) is 55.5 cm³/mol. The van der Waals surface area contributed by atoms with Gasteiger partial charge in [-0.3, -0.25) is 4.79 Å². The molecule has 0 aliphatic carbocycles. The lowest BCUT2D eigenvalue weighted by Gasteiger charge is -2.13. The molecule has 0 amide bonds. The highest BCUT2D eigenvalue weighted by Crippen LogP contribution is 2.25. The topological polar surface area (TPSA) is 40.1 Å². The minimum atomic E-state index is -5.06. The largest absolute Gasteiger partial charge is 0.872 e. The molecule has 92 valence electrons. The van der Waals surface area contributed by atoms with E-state index in [1.54, 1.807) is 0 Å². The third kappa shape index (κ3) is 3.64. The first-order valence-electron chi connectivity index (χ1n) is 4.17. The van der Waals surface area contributed by atoms with Crippen molar-refractivity contribution >= 4 is 34.7 Å². The molecule has 17 heavy (non-hydrogen) atoms. The summed E-state index contributed by atoms with van der Waals surface area (Å²) < 4.78 is 35.7. The fraction of sp³-hybridized carbons (Fsp3) is 0.100. The highest BCUT2D eigenvalue weighted by molar-refractivity contribution is 6.42. The van der Waals surface area contributed by atoms with Crippen molar-refractivity contribution < 1.29 is 23.1 Å². The second-order valence-electron chi connectivity index (χ2n) is 3.00. The molecule has 1 aromatic carbocycles. The zero-order valence-corrected chi connectivity index (χ0v) is 9.53. The number of alkyl halides is 3. The second-order valence-corrected chi connectivity index (χ2v) is 3.81. The Hall–Kier alpha value is -1.20. The first-order valence-corrected chi connectivity index (χ1v) is 4.92. The molecule has 0 aliphatic rings. The van der Waals surface area contributed by atoms with Crippen molar-refractivity contribution in [3.8, 4) is 0 Å². The number of ketones is 1. The van der Waals surface area contributed by atoms with Gasteiger partial charge in [0, 0.05) is 0 Å². The van der Waals surface area contributed by atoms with Gasteiger partial charge in [-0.25, -0.2) is 0 Å². The van der Waals surface area contributed by atoms with Gasteiger partial charge in [0.1, 0.15) is 0 Å². The lowest BCUT2D eigenvalue weighted by Crippen LogP contribution is -2.21. The molecule has 1 rings (SSSR count). The van der Waals surface area contributed by atoms with Gasteiger partial charge in [0.2, 0.25) is 0 Å². The van der Waals surface area contributed by atoms with Gasteiger partial charge in [0.25, 0.3) is 5.78 Å². The number of hydrogen-bond acceptors (Lipinski definition) is 2. The third-order valence-corrected chi connectivity index (χ3v) is 2.48.